The van der Waals surface area contributed by atoms with Crippen molar-refractivity contribution < 1.29 is 12.8 Å². The fourth-order valence-electron chi connectivity index (χ4n) is 2.76. The lowest BCUT2D eigenvalue weighted by Gasteiger charge is -2.13. The minimum atomic E-state index is -3.56. The van der Waals surface area contributed by atoms with Crippen molar-refractivity contribution >= 4 is 33.4 Å². The number of benzene rings is 2. The average Bonchev–Trinajstić information content (AvgIpc) is 2.48. The minimum Gasteiger partial charge on any atom is -0.210 e. The van der Waals surface area contributed by atoms with Crippen molar-refractivity contribution in [1.29, 1.82) is 0 Å². The monoisotopic (exact) mass is 401 g/mol. The first-order chi connectivity index (χ1) is 11.7. The van der Waals surface area contributed by atoms with Gasteiger partial charge in [-0.2, -0.15) is 11.8 Å². The third-order valence-electron chi connectivity index (χ3n) is 3.72. The Hall–Kier alpha value is -1.08. The zero-order valence-electron chi connectivity index (χ0n) is 14.4. The van der Waals surface area contributed by atoms with Gasteiger partial charge in [0.1, 0.15) is 5.82 Å². The van der Waals surface area contributed by atoms with Gasteiger partial charge in [0.05, 0.1) is 4.90 Å². The molecular formula is C18H21ClFNO2S2. The van der Waals surface area contributed by atoms with Crippen LogP contribution in [0.1, 0.15) is 22.3 Å². The quantitative estimate of drug-likeness (QED) is 0.689. The summed E-state index contributed by atoms with van der Waals surface area (Å²) < 4.78 is 41.3. The molecule has 0 bridgehead atoms. The van der Waals surface area contributed by atoms with Crippen LogP contribution in [0, 0.1) is 26.6 Å². The van der Waals surface area contributed by atoms with Crippen LogP contribution in [0.3, 0.4) is 0 Å². The molecule has 0 fully saturated rings. The lowest BCUT2D eigenvalue weighted by molar-refractivity contribution is 0.583. The molecule has 2 rings (SSSR count). The molecule has 3 nitrogen and oxygen atoms in total. The molecule has 2 aromatic rings. The lowest BCUT2D eigenvalue weighted by atomic mass is 10.1. The molecule has 0 spiro atoms. The van der Waals surface area contributed by atoms with Gasteiger partial charge in [0, 0.05) is 28.6 Å². The molecule has 0 aliphatic rings. The summed E-state index contributed by atoms with van der Waals surface area (Å²) in [5.74, 6) is 0.579. The number of hydrogen-bond donors (Lipinski definition) is 1. The molecule has 0 aliphatic heterocycles. The van der Waals surface area contributed by atoms with Crippen LogP contribution >= 0.6 is 23.4 Å². The van der Waals surface area contributed by atoms with Gasteiger partial charge in [-0.05, 0) is 44.0 Å². The van der Waals surface area contributed by atoms with Crippen LogP contribution in [0.15, 0.2) is 35.2 Å². The Morgan fingerprint density at radius 3 is 2.40 bits per heavy atom. The minimum absolute atomic E-state index is 0.270. The largest absolute Gasteiger partial charge is 0.241 e. The normalized spacial score (nSPS) is 11.7. The van der Waals surface area contributed by atoms with Crippen LogP contribution in [-0.2, 0) is 15.8 Å². The summed E-state index contributed by atoms with van der Waals surface area (Å²) in [5.41, 5.74) is 2.94. The molecule has 25 heavy (non-hydrogen) atoms. The van der Waals surface area contributed by atoms with E-state index >= 15 is 0 Å². The van der Waals surface area contributed by atoms with Crippen molar-refractivity contribution in [2.45, 2.75) is 31.4 Å². The van der Waals surface area contributed by atoms with E-state index in [4.69, 9.17) is 11.6 Å². The summed E-state index contributed by atoms with van der Waals surface area (Å²) in [7, 11) is -3.56. The Balaban J connectivity index is 1.93. The van der Waals surface area contributed by atoms with Crippen LogP contribution < -0.4 is 4.72 Å². The SMILES string of the molecule is Cc1cc(C)c(S(=O)(=O)NCCSCc2c(F)cccc2Cl)c(C)c1. The molecule has 0 saturated carbocycles. The van der Waals surface area contributed by atoms with E-state index < -0.39 is 10.0 Å². The molecule has 136 valence electrons. The highest BCUT2D eigenvalue weighted by Gasteiger charge is 2.19. The number of thioether (sulfide) groups is 1. The third-order valence-corrected chi connectivity index (χ3v) is 6.83. The summed E-state index contributed by atoms with van der Waals surface area (Å²) in [4.78, 5) is 0.334. The van der Waals surface area contributed by atoms with Gasteiger partial charge in [-0.25, -0.2) is 17.5 Å². The van der Waals surface area contributed by atoms with Gasteiger partial charge < -0.3 is 0 Å². The van der Waals surface area contributed by atoms with Gasteiger partial charge in [-0.3, -0.25) is 0 Å². The zero-order chi connectivity index (χ0) is 18.6. The number of aryl methyl sites for hydroxylation is 3. The second kappa shape index (κ2) is 8.54. The molecule has 2 aromatic carbocycles. The lowest BCUT2D eigenvalue weighted by Crippen LogP contribution is -2.27. The smallest absolute Gasteiger partial charge is 0.210 e. The summed E-state index contributed by atoms with van der Waals surface area (Å²) in [5, 5.41) is 0.388. The predicted octanol–water partition coefficient (Wildman–Crippen LogP) is 4.62. The summed E-state index contributed by atoms with van der Waals surface area (Å²) in [6.07, 6.45) is 0. The first-order valence-electron chi connectivity index (χ1n) is 7.80. The molecule has 0 aliphatic carbocycles. The van der Waals surface area contributed by atoms with E-state index in [1.54, 1.807) is 26.0 Å². The number of rotatable bonds is 7. The van der Waals surface area contributed by atoms with Crippen molar-refractivity contribution in [2.24, 2.45) is 0 Å². The standard InChI is InChI=1S/C18H21ClFNO2S2/c1-12-9-13(2)18(14(3)10-12)25(22,23)21-7-8-24-11-15-16(19)5-4-6-17(15)20/h4-6,9-10,21H,7-8,11H2,1-3H3. The summed E-state index contributed by atoms with van der Waals surface area (Å²) >= 11 is 7.41. The first-order valence-corrected chi connectivity index (χ1v) is 10.8. The van der Waals surface area contributed by atoms with Crippen molar-refractivity contribution in [3.63, 3.8) is 0 Å². The molecule has 0 heterocycles. The van der Waals surface area contributed by atoms with E-state index in [0.29, 0.717) is 27.0 Å². The highest BCUT2D eigenvalue weighted by atomic mass is 35.5. The first kappa shape index (κ1) is 20.2. The van der Waals surface area contributed by atoms with Crippen LogP contribution in [0.25, 0.3) is 0 Å². The van der Waals surface area contributed by atoms with Gasteiger partial charge in [0.2, 0.25) is 10.0 Å². The number of halogens is 2. The van der Waals surface area contributed by atoms with E-state index in [1.807, 2.05) is 19.1 Å². The molecule has 0 amide bonds. The molecule has 0 radical (unpaired) electrons. The van der Waals surface area contributed by atoms with Crippen LogP contribution in [0.4, 0.5) is 4.39 Å². The molecule has 7 heteroatoms. The topological polar surface area (TPSA) is 46.2 Å². The highest BCUT2D eigenvalue weighted by molar-refractivity contribution is 7.98. The van der Waals surface area contributed by atoms with Crippen molar-refractivity contribution in [2.75, 3.05) is 12.3 Å². The van der Waals surface area contributed by atoms with Crippen molar-refractivity contribution in [3.05, 3.63) is 63.4 Å². The van der Waals surface area contributed by atoms with Crippen LogP contribution in [-0.4, -0.2) is 20.7 Å². The zero-order valence-corrected chi connectivity index (χ0v) is 16.8. The van der Waals surface area contributed by atoms with E-state index in [-0.39, 0.29) is 12.4 Å². The Morgan fingerprint density at radius 2 is 1.80 bits per heavy atom. The maximum absolute atomic E-state index is 13.7. The summed E-state index contributed by atoms with van der Waals surface area (Å²) in [6, 6.07) is 8.29. The molecule has 1 N–H and O–H groups in total. The number of nitrogens with one attached hydrogen (secondary N) is 1. The van der Waals surface area contributed by atoms with E-state index in [0.717, 1.165) is 16.7 Å². The Morgan fingerprint density at radius 1 is 1.16 bits per heavy atom. The fourth-order valence-corrected chi connectivity index (χ4v) is 5.56. The Bertz CT molecular complexity index is 826. The fraction of sp³-hybridized carbons (Fsp3) is 0.333. The second-order valence-corrected chi connectivity index (χ2v) is 9.09. The third kappa shape index (κ3) is 5.20. The van der Waals surface area contributed by atoms with Gasteiger partial charge in [0.15, 0.2) is 0 Å². The second-order valence-electron chi connectivity index (χ2n) is 5.88. The van der Waals surface area contributed by atoms with Gasteiger partial charge >= 0.3 is 0 Å². The van der Waals surface area contributed by atoms with Crippen LogP contribution in [0.2, 0.25) is 5.02 Å². The molecule has 0 saturated heterocycles. The Labute approximate surface area is 158 Å². The number of hydrogen-bond acceptors (Lipinski definition) is 3. The molecule has 0 unspecified atom stereocenters. The maximum Gasteiger partial charge on any atom is 0.241 e. The number of sulfonamides is 1. The summed E-state index contributed by atoms with van der Waals surface area (Å²) in [6.45, 7) is 5.80. The molecular weight excluding hydrogens is 381 g/mol. The molecule has 0 aromatic heterocycles. The average molecular weight is 402 g/mol. The van der Waals surface area contributed by atoms with Crippen LogP contribution in [0.5, 0.6) is 0 Å². The van der Waals surface area contributed by atoms with E-state index in [1.165, 1.54) is 17.8 Å². The Kier molecular flexibility index (Phi) is 6.91. The van der Waals surface area contributed by atoms with Crippen molar-refractivity contribution in [3.8, 4) is 0 Å². The maximum atomic E-state index is 13.7. The van der Waals surface area contributed by atoms with Gasteiger partial charge in [-0.1, -0.05) is 35.4 Å². The highest BCUT2D eigenvalue weighted by Crippen LogP contribution is 2.24. The van der Waals surface area contributed by atoms with Crippen molar-refractivity contribution in [1.82, 2.24) is 4.72 Å². The van der Waals surface area contributed by atoms with E-state index in [9.17, 15) is 12.8 Å². The van der Waals surface area contributed by atoms with Gasteiger partial charge in [-0.15, -0.1) is 0 Å². The van der Waals surface area contributed by atoms with Gasteiger partial charge in [0.25, 0.3) is 0 Å². The molecule has 0 atom stereocenters. The predicted molar refractivity (Wildman–Crippen MR) is 103 cm³/mol. The van der Waals surface area contributed by atoms with E-state index in [2.05, 4.69) is 4.72 Å².